The van der Waals surface area contributed by atoms with Crippen LogP contribution in [0.15, 0.2) is 54.6 Å². The van der Waals surface area contributed by atoms with E-state index >= 15 is 0 Å². The number of carbonyl (C=O) groups is 1. The maximum absolute atomic E-state index is 13.1. The van der Waals surface area contributed by atoms with Crippen LogP contribution in [0.3, 0.4) is 0 Å². The van der Waals surface area contributed by atoms with Crippen molar-refractivity contribution >= 4 is 5.97 Å². The minimum atomic E-state index is -0.177. The Labute approximate surface area is 239 Å². The van der Waals surface area contributed by atoms with Crippen LogP contribution in [0.1, 0.15) is 109 Å². The number of para-hydroxylation sites is 1. The fraction of sp³-hybridized carbons (Fsp3) is 0.629. The number of ether oxygens (including phenoxy) is 2. The molecule has 0 aliphatic heterocycles. The molecule has 0 amide bonds. The molecule has 0 spiro atoms. The second-order valence-electron chi connectivity index (χ2n) is 11.8. The number of likely N-dealkylation sites (N-methyl/N-ethyl adjacent to an activating group) is 1. The van der Waals surface area contributed by atoms with Gasteiger partial charge in [0.05, 0.1) is 26.8 Å². The van der Waals surface area contributed by atoms with Crippen LogP contribution in [0.2, 0.25) is 0 Å². The standard InChI is InChI=1S/C35H56NO3/c1-6-8-9-10-11-12-13-14-18-24-32-25-19-20-26-34(32)39-30(3)27-28-38-35(37)33(21-7-2)36(4,5)29-31-22-16-15-17-23-31/h15-17,19-20,22-23,25-26,30,33H,6-14,18,21,24,27-29H2,1-5H3/q+1. The van der Waals surface area contributed by atoms with Crippen molar-refractivity contribution in [3.63, 3.8) is 0 Å². The Balaban J connectivity index is 1.76. The molecule has 0 aliphatic carbocycles. The molecule has 0 saturated carbocycles. The molecular formula is C35H56NO3+. The van der Waals surface area contributed by atoms with Crippen LogP contribution in [0.25, 0.3) is 0 Å². The van der Waals surface area contributed by atoms with Crippen LogP contribution in [0.4, 0.5) is 0 Å². The van der Waals surface area contributed by atoms with E-state index in [4.69, 9.17) is 9.47 Å². The highest BCUT2D eigenvalue weighted by molar-refractivity contribution is 5.74. The second kappa shape index (κ2) is 18.9. The molecule has 2 aromatic carbocycles. The van der Waals surface area contributed by atoms with E-state index in [2.05, 4.69) is 77.3 Å². The van der Waals surface area contributed by atoms with Gasteiger partial charge in [-0.25, -0.2) is 4.79 Å². The number of quaternary nitrogens is 1. The number of nitrogens with zero attached hydrogens (tertiary/aromatic N) is 1. The molecule has 2 rings (SSSR count). The van der Waals surface area contributed by atoms with Crippen LogP contribution in [-0.4, -0.2) is 43.3 Å². The van der Waals surface area contributed by atoms with Gasteiger partial charge in [-0.1, -0.05) is 114 Å². The number of hydrogen-bond acceptors (Lipinski definition) is 3. The van der Waals surface area contributed by atoms with E-state index in [0.717, 1.165) is 31.6 Å². The highest BCUT2D eigenvalue weighted by atomic mass is 16.5. The Bertz CT molecular complexity index is 911. The third kappa shape index (κ3) is 13.0. The van der Waals surface area contributed by atoms with Crippen molar-refractivity contribution in [2.75, 3.05) is 20.7 Å². The summed E-state index contributed by atoms with van der Waals surface area (Å²) in [7, 11) is 4.26. The Morgan fingerprint density at radius 3 is 2.05 bits per heavy atom. The lowest BCUT2D eigenvalue weighted by molar-refractivity contribution is -0.920. The molecule has 2 aromatic rings. The minimum absolute atomic E-state index is 0.0153. The van der Waals surface area contributed by atoms with E-state index in [1.54, 1.807) is 0 Å². The molecule has 2 atom stereocenters. The van der Waals surface area contributed by atoms with Gasteiger partial charge >= 0.3 is 5.97 Å². The predicted octanol–water partition coefficient (Wildman–Crippen LogP) is 8.91. The molecule has 0 N–H and O–H groups in total. The van der Waals surface area contributed by atoms with Crippen LogP contribution < -0.4 is 4.74 Å². The summed E-state index contributed by atoms with van der Waals surface area (Å²) >= 11 is 0. The molecule has 0 saturated heterocycles. The number of aryl methyl sites for hydroxylation is 1. The summed E-state index contributed by atoms with van der Waals surface area (Å²) < 4.78 is 12.7. The predicted molar refractivity (Wildman–Crippen MR) is 164 cm³/mol. The lowest BCUT2D eigenvalue weighted by Crippen LogP contribution is -2.52. The number of carbonyl (C=O) groups excluding carboxylic acids is 1. The molecular weight excluding hydrogens is 482 g/mol. The van der Waals surface area contributed by atoms with Gasteiger partial charge in [0.25, 0.3) is 0 Å². The summed E-state index contributed by atoms with van der Waals surface area (Å²) in [5.41, 5.74) is 2.52. The number of hydrogen-bond donors (Lipinski definition) is 0. The van der Waals surface area contributed by atoms with Crippen molar-refractivity contribution in [1.29, 1.82) is 0 Å². The lowest BCUT2D eigenvalue weighted by atomic mass is 10.0. The molecule has 0 fully saturated rings. The Morgan fingerprint density at radius 1 is 0.769 bits per heavy atom. The smallest absolute Gasteiger partial charge is 0.364 e. The maximum atomic E-state index is 13.1. The van der Waals surface area contributed by atoms with Gasteiger partial charge in [-0.3, -0.25) is 0 Å². The third-order valence-corrected chi connectivity index (χ3v) is 7.73. The Hall–Kier alpha value is -2.33. The molecule has 0 aromatic heterocycles. The van der Waals surface area contributed by atoms with Gasteiger partial charge in [0.2, 0.25) is 0 Å². The fourth-order valence-corrected chi connectivity index (χ4v) is 5.34. The molecule has 0 heterocycles. The number of esters is 1. The van der Waals surface area contributed by atoms with Crippen molar-refractivity contribution in [3.05, 3.63) is 65.7 Å². The third-order valence-electron chi connectivity index (χ3n) is 7.73. The monoisotopic (exact) mass is 538 g/mol. The average Bonchev–Trinajstić information content (AvgIpc) is 2.91. The first-order valence-electron chi connectivity index (χ1n) is 15.6. The van der Waals surface area contributed by atoms with Crippen LogP contribution in [0, 0.1) is 0 Å². The topological polar surface area (TPSA) is 35.5 Å². The summed E-state index contributed by atoms with van der Waals surface area (Å²) in [4.78, 5) is 13.1. The van der Waals surface area contributed by atoms with Crippen LogP contribution >= 0.6 is 0 Å². The van der Waals surface area contributed by atoms with Crippen molar-refractivity contribution in [2.24, 2.45) is 0 Å². The molecule has 39 heavy (non-hydrogen) atoms. The minimum Gasteiger partial charge on any atom is -0.490 e. The largest absolute Gasteiger partial charge is 0.490 e. The second-order valence-corrected chi connectivity index (χ2v) is 11.8. The maximum Gasteiger partial charge on any atom is 0.364 e. The van der Waals surface area contributed by atoms with Gasteiger partial charge in [0, 0.05) is 18.4 Å². The molecule has 0 aliphatic rings. The van der Waals surface area contributed by atoms with Crippen LogP contribution in [-0.2, 0) is 22.5 Å². The Morgan fingerprint density at radius 2 is 1.38 bits per heavy atom. The zero-order chi connectivity index (χ0) is 28.3. The highest BCUT2D eigenvalue weighted by Crippen LogP contribution is 2.23. The van der Waals surface area contributed by atoms with Gasteiger partial charge in [0.1, 0.15) is 12.3 Å². The fourth-order valence-electron chi connectivity index (χ4n) is 5.34. The highest BCUT2D eigenvalue weighted by Gasteiger charge is 2.35. The van der Waals surface area contributed by atoms with E-state index in [0.29, 0.717) is 17.5 Å². The first-order chi connectivity index (χ1) is 18.9. The first-order valence-corrected chi connectivity index (χ1v) is 15.6. The lowest BCUT2D eigenvalue weighted by Gasteiger charge is -2.36. The molecule has 218 valence electrons. The molecule has 4 heteroatoms. The van der Waals surface area contributed by atoms with Gasteiger partial charge in [0.15, 0.2) is 6.04 Å². The molecule has 2 unspecified atom stereocenters. The summed E-state index contributed by atoms with van der Waals surface area (Å²) in [6.45, 7) is 7.66. The van der Waals surface area contributed by atoms with E-state index in [-0.39, 0.29) is 18.1 Å². The zero-order valence-electron chi connectivity index (χ0n) is 25.6. The van der Waals surface area contributed by atoms with Gasteiger partial charge in [-0.15, -0.1) is 0 Å². The van der Waals surface area contributed by atoms with Crippen LogP contribution in [0.5, 0.6) is 5.75 Å². The molecule has 0 radical (unpaired) electrons. The van der Waals surface area contributed by atoms with Crippen molar-refractivity contribution in [3.8, 4) is 5.75 Å². The van der Waals surface area contributed by atoms with Crippen molar-refractivity contribution in [1.82, 2.24) is 0 Å². The van der Waals surface area contributed by atoms with E-state index < -0.39 is 0 Å². The van der Waals surface area contributed by atoms with Crippen molar-refractivity contribution in [2.45, 2.75) is 123 Å². The van der Waals surface area contributed by atoms with E-state index in [9.17, 15) is 4.79 Å². The van der Waals surface area contributed by atoms with Gasteiger partial charge in [-0.05, 0) is 37.8 Å². The van der Waals surface area contributed by atoms with Gasteiger partial charge < -0.3 is 14.0 Å². The summed E-state index contributed by atoms with van der Waals surface area (Å²) in [6.07, 6.45) is 15.5. The summed E-state index contributed by atoms with van der Waals surface area (Å²) in [5.74, 6) is 0.871. The van der Waals surface area contributed by atoms with E-state index in [1.807, 2.05) is 12.1 Å². The quantitative estimate of drug-likeness (QED) is 0.0904. The normalized spacial score (nSPS) is 13.2. The zero-order valence-corrected chi connectivity index (χ0v) is 25.6. The molecule has 4 nitrogen and oxygen atoms in total. The SMILES string of the molecule is CCCCCCCCCCCc1ccccc1OC(C)CCOC(=O)C(CCC)[N+](C)(C)Cc1ccccc1. The van der Waals surface area contributed by atoms with Gasteiger partial charge in [-0.2, -0.15) is 0 Å². The number of unbranched alkanes of at least 4 members (excludes halogenated alkanes) is 8. The summed E-state index contributed by atoms with van der Waals surface area (Å²) in [5, 5.41) is 0. The van der Waals surface area contributed by atoms with E-state index in [1.165, 1.54) is 68.9 Å². The molecule has 0 bridgehead atoms. The summed E-state index contributed by atoms with van der Waals surface area (Å²) in [6, 6.07) is 18.6. The first kappa shape index (κ1) is 32.9. The number of benzene rings is 2. The average molecular weight is 539 g/mol. The number of rotatable bonds is 21. The Kier molecular flexibility index (Phi) is 15.9. The van der Waals surface area contributed by atoms with Crippen molar-refractivity contribution < 1.29 is 18.8 Å².